The summed E-state index contributed by atoms with van der Waals surface area (Å²) < 4.78 is 0. The fourth-order valence-corrected chi connectivity index (χ4v) is 4.45. The fraction of sp³-hybridized carbons (Fsp3) is 0.160. The Morgan fingerprint density at radius 2 is 1.50 bits per heavy atom. The molecule has 0 radical (unpaired) electrons. The van der Waals surface area contributed by atoms with E-state index in [9.17, 15) is 0 Å². The molecule has 1 aliphatic rings. The van der Waals surface area contributed by atoms with Crippen molar-refractivity contribution in [2.24, 2.45) is 0 Å². The van der Waals surface area contributed by atoms with Crippen LogP contribution in [0.4, 0.5) is 0 Å². The molecule has 0 spiro atoms. The van der Waals surface area contributed by atoms with Crippen LogP contribution in [0.2, 0.25) is 0 Å². The van der Waals surface area contributed by atoms with E-state index in [1.165, 1.54) is 44.2 Å². The van der Waals surface area contributed by atoms with Crippen molar-refractivity contribution < 1.29 is 0 Å². The van der Waals surface area contributed by atoms with Gasteiger partial charge in [-0.15, -0.1) is 0 Å². The van der Waals surface area contributed by atoms with Crippen LogP contribution >= 0.6 is 0 Å². The molecule has 0 saturated carbocycles. The number of hydrogen-bond donors (Lipinski definition) is 0. The molecule has 0 N–H and O–H groups in total. The van der Waals surface area contributed by atoms with Gasteiger partial charge in [-0.3, -0.25) is 4.98 Å². The van der Waals surface area contributed by atoms with E-state index in [1.54, 1.807) is 0 Å². The first-order valence-electron chi connectivity index (χ1n) is 9.16. The highest BCUT2D eigenvalue weighted by molar-refractivity contribution is 5.90. The van der Waals surface area contributed by atoms with Gasteiger partial charge >= 0.3 is 0 Å². The van der Waals surface area contributed by atoms with Crippen LogP contribution in [-0.4, -0.2) is 4.98 Å². The number of benzene rings is 3. The Labute approximate surface area is 154 Å². The van der Waals surface area contributed by atoms with Crippen LogP contribution in [0.5, 0.6) is 0 Å². The largest absolute Gasteiger partial charge is 0.255 e. The van der Waals surface area contributed by atoms with Gasteiger partial charge in [0, 0.05) is 22.6 Å². The standard InChI is InChI=1S/C25H21N/c1-16-19-9-5-4-8-18(19)15-26-24(16)17-12-13-21-20-10-6-7-11-22(20)25(2,3)23(21)14-17/h4-15H,1-3H3. The van der Waals surface area contributed by atoms with Gasteiger partial charge in [0.05, 0.1) is 5.69 Å². The predicted molar refractivity (Wildman–Crippen MR) is 109 cm³/mol. The molecule has 1 heterocycles. The van der Waals surface area contributed by atoms with Crippen molar-refractivity contribution in [3.05, 3.63) is 89.6 Å². The van der Waals surface area contributed by atoms with Gasteiger partial charge in [-0.2, -0.15) is 0 Å². The molecule has 1 heteroatoms. The zero-order valence-electron chi connectivity index (χ0n) is 15.4. The van der Waals surface area contributed by atoms with E-state index in [4.69, 9.17) is 4.98 Å². The van der Waals surface area contributed by atoms with Crippen molar-refractivity contribution >= 4 is 10.8 Å². The molecule has 5 rings (SSSR count). The second kappa shape index (κ2) is 5.28. The predicted octanol–water partition coefficient (Wildman–Crippen LogP) is 6.52. The monoisotopic (exact) mass is 335 g/mol. The van der Waals surface area contributed by atoms with Gasteiger partial charge in [0.2, 0.25) is 0 Å². The summed E-state index contributed by atoms with van der Waals surface area (Å²) in [7, 11) is 0. The topological polar surface area (TPSA) is 12.9 Å². The van der Waals surface area contributed by atoms with E-state index in [0.717, 1.165) is 5.69 Å². The normalized spacial score (nSPS) is 14.3. The van der Waals surface area contributed by atoms with Gasteiger partial charge in [0.1, 0.15) is 0 Å². The summed E-state index contributed by atoms with van der Waals surface area (Å²) in [6.45, 7) is 6.82. The SMILES string of the molecule is Cc1c(-c2ccc3c(c2)C(C)(C)c2ccccc2-3)ncc2ccccc12. The lowest BCUT2D eigenvalue weighted by Gasteiger charge is -2.22. The van der Waals surface area contributed by atoms with Crippen LogP contribution in [0.1, 0.15) is 30.5 Å². The first kappa shape index (κ1) is 15.3. The summed E-state index contributed by atoms with van der Waals surface area (Å²) >= 11 is 0. The number of pyridine rings is 1. The molecule has 3 aromatic carbocycles. The molecule has 1 nitrogen and oxygen atoms in total. The Hall–Kier alpha value is -2.93. The Morgan fingerprint density at radius 1 is 0.769 bits per heavy atom. The molecule has 0 aliphatic heterocycles. The van der Waals surface area contributed by atoms with E-state index in [1.807, 2.05) is 6.20 Å². The maximum atomic E-state index is 4.80. The van der Waals surface area contributed by atoms with Crippen LogP contribution in [0.3, 0.4) is 0 Å². The molecule has 0 amide bonds. The zero-order chi connectivity index (χ0) is 17.9. The van der Waals surface area contributed by atoms with E-state index in [-0.39, 0.29) is 5.41 Å². The third-order valence-corrected chi connectivity index (χ3v) is 5.91. The smallest absolute Gasteiger partial charge is 0.0737 e. The highest BCUT2D eigenvalue weighted by Crippen LogP contribution is 2.49. The molecule has 0 atom stereocenters. The minimum atomic E-state index is 0.0205. The molecule has 0 unspecified atom stereocenters. The summed E-state index contributed by atoms with van der Waals surface area (Å²) in [5, 5.41) is 2.48. The van der Waals surface area contributed by atoms with Crippen LogP contribution in [0.15, 0.2) is 72.9 Å². The van der Waals surface area contributed by atoms with Gasteiger partial charge in [0.25, 0.3) is 0 Å². The molecule has 0 bridgehead atoms. The number of fused-ring (bicyclic) bond motifs is 4. The van der Waals surface area contributed by atoms with Crippen molar-refractivity contribution in [1.82, 2.24) is 4.98 Å². The molecule has 0 saturated heterocycles. The first-order valence-corrected chi connectivity index (χ1v) is 9.16. The van der Waals surface area contributed by atoms with E-state index in [2.05, 4.69) is 87.5 Å². The minimum Gasteiger partial charge on any atom is -0.255 e. The van der Waals surface area contributed by atoms with Crippen molar-refractivity contribution in [2.45, 2.75) is 26.2 Å². The van der Waals surface area contributed by atoms with Gasteiger partial charge in [0.15, 0.2) is 0 Å². The Bertz CT molecular complexity index is 1170. The Morgan fingerprint density at radius 3 is 2.38 bits per heavy atom. The molecule has 1 aromatic heterocycles. The molecule has 26 heavy (non-hydrogen) atoms. The maximum Gasteiger partial charge on any atom is 0.0737 e. The summed E-state index contributed by atoms with van der Waals surface area (Å²) in [5.41, 5.74) is 9.07. The van der Waals surface area contributed by atoms with Gasteiger partial charge < -0.3 is 0 Å². The summed E-state index contributed by atoms with van der Waals surface area (Å²) in [5.74, 6) is 0. The average molecular weight is 335 g/mol. The van der Waals surface area contributed by atoms with Crippen molar-refractivity contribution in [2.75, 3.05) is 0 Å². The van der Waals surface area contributed by atoms with E-state index >= 15 is 0 Å². The second-order valence-corrected chi connectivity index (χ2v) is 7.75. The van der Waals surface area contributed by atoms with Crippen LogP contribution in [0, 0.1) is 6.92 Å². The highest BCUT2D eigenvalue weighted by Gasteiger charge is 2.35. The first-order chi connectivity index (χ1) is 12.6. The summed E-state index contributed by atoms with van der Waals surface area (Å²) in [6.07, 6.45) is 1.99. The average Bonchev–Trinajstić information content (AvgIpc) is 2.90. The Kier molecular flexibility index (Phi) is 3.12. The van der Waals surface area contributed by atoms with Gasteiger partial charge in [-0.05, 0) is 46.2 Å². The lowest BCUT2D eigenvalue weighted by Crippen LogP contribution is -2.14. The van der Waals surface area contributed by atoms with Crippen molar-refractivity contribution in [3.63, 3.8) is 0 Å². The molecule has 1 aliphatic carbocycles. The number of hydrogen-bond acceptors (Lipinski definition) is 1. The van der Waals surface area contributed by atoms with Gasteiger partial charge in [-0.1, -0.05) is 74.5 Å². The fourth-order valence-electron chi connectivity index (χ4n) is 4.45. The Balaban J connectivity index is 1.73. The summed E-state index contributed by atoms with van der Waals surface area (Å²) in [6, 6.07) is 24.1. The number of aromatic nitrogens is 1. The van der Waals surface area contributed by atoms with Gasteiger partial charge in [-0.25, -0.2) is 0 Å². The summed E-state index contributed by atoms with van der Waals surface area (Å²) in [4.78, 5) is 4.80. The lowest BCUT2D eigenvalue weighted by molar-refractivity contribution is 0.660. The maximum absolute atomic E-state index is 4.80. The van der Waals surface area contributed by atoms with Crippen LogP contribution in [0.25, 0.3) is 33.2 Å². The minimum absolute atomic E-state index is 0.0205. The number of rotatable bonds is 1. The quantitative estimate of drug-likeness (QED) is 0.386. The van der Waals surface area contributed by atoms with Crippen LogP contribution in [-0.2, 0) is 5.41 Å². The molecular weight excluding hydrogens is 314 g/mol. The van der Waals surface area contributed by atoms with E-state index < -0.39 is 0 Å². The molecule has 0 fully saturated rings. The van der Waals surface area contributed by atoms with Crippen LogP contribution < -0.4 is 0 Å². The zero-order valence-corrected chi connectivity index (χ0v) is 15.4. The number of nitrogens with zero attached hydrogens (tertiary/aromatic N) is 1. The second-order valence-electron chi connectivity index (χ2n) is 7.75. The molecule has 4 aromatic rings. The number of aryl methyl sites for hydroxylation is 1. The van der Waals surface area contributed by atoms with E-state index in [0.29, 0.717) is 0 Å². The highest BCUT2D eigenvalue weighted by atomic mass is 14.7. The van der Waals surface area contributed by atoms with Crippen molar-refractivity contribution in [1.29, 1.82) is 0 Å². The van der Waals surface area contributed by atoms with Crippen molar-refractivity contribution in [3.8, 4) is 22.4 Å². The molecular formula is C25H21N. The molecule has 126 valence electrons. The third kappa shape index (κ3) is 2.00. The third-order valence-electron chi connectivity index (χ3n) is 5.91. The lowest BCUT2D eigenvalue weighted by atomic mass is 9.81.